The molecule has 0 amide bonds. The Morgan fingerprint density at radius 2 is 0.500 bits per heavy atom. The summed E-state index contributed by atoms with van der Waals surface area (Å²) in [6, 6.07) is 30.4. The van der Waals surface area contributed by atoms with E-state index in [9.17, 15) is 0 Å². The number of hydrogen-bond acceptors (Lipinski definition) is 31. The number of fused-ring (bicyclic) bond motifs is 4. The summed E-state index contributed by atoms with van der Waals surface area (Å²) in [5, 5.41) is 16.8. The predicted octanol–water partition coefficient (Wildman–Crippen LogP) is 6.56. The van der Waals surface area contributed by atoms with Gasteiger partial charge in [0.1, 0.15) is 23.0 Å². The fraction of sp³-hybridized carbons (Fsp3) is 0.263. The third-order valence-corrected chi connectivity index (χ3v) is 17.8. The van der Waals surface area contributed by atoms with Crippen LogP contribution in [0.2, 0.25) is 0 Å². The van der Waals surface area contributed by atoms with E-state index < -0.39 is 0 Å². The van der Waals surface area contributed by atoms with Crippen LogP contribution in [-0.2, 0) is 26.2 Å². The van der Waals surface area contributed by atoms with Crippen LogP contribution < -0.4 is 141 Å². The number of H-pyrrole nitrogens is 1. The number of aromatic amines is 1. The summed E-state index contributed by atoms with van der Waals surface area (Å²) in [6.07, 6.45) is 0. The van der Waals surface area contributed by atoms with E-state index in [0.29, 0.717) is 124 Å². The topological polar surface area (TPSA) is 503 Å². The number of nitrogens with two attached hydrogens (primary N) is 8. The first-order valence-corrected chi connectivity index (χ1v) is 33.4. The molecule has 23 N–H and O–H groups in total. The summed E-state index contributed by atoms with van der Waals surface area (Å²) >= 11 is 0. The highest BCUT2D eigenvalue weighted by atomic mass is 35.5. The largest absolute Gasteiger partial charge is 1.00 e. The van der Waals surface area contributed by atoms with Gasteiger partial charge in [0.2, 0.25) is 46.7 Å². The van der Waals surface area contributed by atoms with Crippen molar-refractivity contribution in [2.45, 2.75) is 53.9 Å². The fourth-order valence-corrected chi connectivity index (χ4v) is 12.3. The summed E-state index contributed by atoms with van der Waals surface area (Å²) < 4.78 is 64.5. The number of aromatic nitrogens is 8. The van der Waals surface area contributed by atoms with E-state index in [0.717, 1.165) is 111 Å². The van der Waals surface area contributed by atoms with Crippen molar-refractivity contribution < 1.29 is 79.7 Å². The van der Waals surface area contributed by atoms with E-state index in [-0.39, 0.29) is 35.7 Å². The Hall–Kier alpha value is -13.4. The van der Waals surface area contributed by atoms with E-state index in [1.165, 1.54) is 0 Å². The predicted molar refractivity (Wildman–Crippen MR) is 428 cm³/mol. The van der Waals surface area contributed by atoms with Gasteiger partial charge in [-0.1, -0.05) is 24.3 Å². The summed E-state index contributed by atoms with van der Waals surface area (Å²) in [4.78, 5) is 32.1. The van der Waals surface area contributed by atoms with Crippen molar-refractivity contribution in [2.24, 2.45) is 0 Å². The van der Waals surface area contributed by atoms with Gasteiger partial charge in [-0.05, 0) is 96.5 Å². The van der Waals surface area contributed by atoms with Crippen molar-refractivity contribution in [2.75, 3.05) is 152 Å². The van der Waals surface area contributed by atoms with Crippen LogP contribution in [-0.4, -0.2) is 126 Å². The van der Waals surface area contributed by atoms with Gasteiger partial charge in [0.05, 0.1) is 107 Å². The van der Waals surface area contributed by atoms with Crippen molar-refractivity contribution in [1.29, 1.82) is 0 Å². The second-order valence-corrected chi connectivity index (χ2v) is 24.0. The van der Waals surface area contributed by atoms with Crippen LogP contribution in [0.1, 0.15) is 44.5 Å². The monoisotopic (exact) mass is 1530 g/mol. The van der Waals surface area contributed by atoms with E-state index in [4.69, 9.17) is 103 Å². The SMILES string of the molecule is COc1cc(NCc2ccc3nc(N)[nH+]c(N)c3c2C)cc(OC)c1OC.COc1cc(NCc2ccc3nc(N)nc(N)c3c2C)cc(OC)c1OC.COc1cc(NCc2ccc3nc(N)nc(N)c3c2C)cc(OC)c1OC.COc1cc(NCc2ccc3nc(N)nc(N)c3c2C)cc(OC)c1OC.O.[Cl-]. The molecule has 0 saturated carbocycles. The van der Waals surface area contributed by atoms with Crippen LogP contribution in [0.4, 0.5) is 69.8 Å². The average Bonchev–Trinajstić information content (AvgIpc) is 0.795. The van der Waals surface area contributed by atoms with Gasteiger partial charge in [0.25, 0.3) is 0 Å². The molecule has 0 radical (unpaired) electrons. The first kappa shape index (κ1) is 83.8. The van der Waals surface area contributed by atoms with Gasteiger partial charge < -0.3 is 142 Å². The molecule has 4 heterocycles. The number of aryl methyl sites for hydroxylation is 4. The van der Waals surface area contributed by atoms with Gasteiger partial charge in [-0.2, -0.15) is 15.0 Å². The van der Waals surface area contributed by atoms with Gasteiger partial charge in [-0.3, -0.25) is 0 Å². The van der Waals surface area contributed by atoms with E-state index in [2.05, 4.69) is 61.1 Å². The first-order chi connectivity index (χ1) is 51.9. The minimum Gasteiger partial charge on any atom is -1.00 e. The lowest BCUT2D eigenvalue weighted by Gasteiger charge is -2.16. The third-order valence-electron chi connectivity index (χ3n) is 17.8. The maximum absolute atomic E-state index is 6.10. The molecule has 0 atom stereocenters. The van der Waals surface area contributed by atoms with Crippen molar-refractivity contribution in [3.05, 3.63) is 142 Å². The zero-order chi connectivity index (χ0) is 78.2. The molecule has 12 rings (SSSR count). The molecule has 34 heteroatoms. The van der Waals surface area contributed by atoms with Crippen LogP contribution >= 0.6 is 0 Å². The molecule has 0 spiro atoms. The lowest BCUT2D eigenvalue weighted by Crippen LogP contribution is -3.00. The van der Waals surface area contributed by atoms with E-state index in [1.807, 2.05) is 125 Å². The Morgan fingerprint density at radius 3 is 0.709 bits per heavy atom. The Bertz CT molecular complexity index is 4520. The van der Waals surface area contributed by atoms with Crippen LogP contribution in [0.3, 0.4) is 0 Å². The maximum Gasteiger partial charge on any atom is 0.342 e. The van der Waals surface area contributed by atoms with Crippen molar-refractivity contribution >= 4 is 113 Å². The van der Waals surface area contributed by atoms with Gasteiger partial charge in [0.15, 0.2) is 46.0 Å². The quantitative estimate of drug-likeness (QED) is 0.0304. The van der Waals surface area contributed by atoms with Gasteiger partial charge >= 0.3 is 5.95 Å². The average molecular weight is 1530 g/mol. The summed E-state index contributed by atoms with van der Waals surface area (Å²) in [5.74, 6) is 9.35. The number of rotatable bonds is 24. The number of nitrogen functional groups attached to an aromatic ring is 8. The second kappa shape index (κ2) is 37.7. The smallest absolute Gasteiger partial charge is 0.342 e. The van der Waals surface area contributed by atoms with E-state index in [1.54, 1.807) is 85.3 Å². The molecule has 33 nitrogen and oxygen atoms in total. The molecule has 584 valence electrons. The number of hydrogen-bond donors (Lipinski definition) is 12. The highest BCUT2D eigenvalue weighted by molar-refractivity contribution is 5.95. The number of nitrogens with one attached hydrogen (secondary N) is 5. The number of halogens is 1. The molecule has 0 aliphatic heterocycles. The molecular weight excluding hydrogens is 1440 g/mol. The molecule has 0 saturated heterocycles. The normalized spacial score (nSPS) is 10.5. The Morgan fingerprint density at radius 1 is 0.291 bits per heavy atom. The molecule has 8 aromatic carbocycles. The Kier molecular flexibility index (Phi) is 28.7. The van der Waals surface area contributed by atoms with Gasteiger partial charge in [0, 0.05) is 114 Å². The fourth-order valence-electron chi connectivity index (χ4n) is 12.3. The molecule has 110 heavy (non-hydrogen) atoms. The molecule has 0 aliphatic carbocycles. The molecule has 0 aliphatic rings. The third kappa shape index (κ3) is 18.7. The minimum absolute atomic E-state index is 0. The van der Waals surface area contributed by atoms with Crippen LogP contribution in [0, 0.1) is 27.7 Å². The Balaban J connectivity index is 0.000000203. The highest BCUT2D eigenvalue weighted by Gasteiger charge is 2.21. The zero-order valence-electron chi connectivity index (χ0n) is 64.1. The number of benzene rings is 8. The summed E-state index contributed by atoms with van der Waals surface area (Å²) in [6.45, 7) is 10.3. The van der Waals surface area contributed by atoms with Crippen LogP contribution in [0.5, 0.6) is 69.0 Å². The number of nitrogens with zero attached hydrogens (tertiary/aromatic N) is 7. The number of ether oxygens (including phenoxy) is 12. The van der Waals surface area contributed by atoms with E-state index >= 15 is 0 Å². The Labute approximate surface area is 642 Å². The molecule has 0 fully saturated rings. The lowest BCUT2D eigenvalue weighted by atomic mass is 10.0. The van der Waals surface area contributed by atoms with Gasteiger partial charge in [-0.15, -0.1) is 4.98 Å². The van der Waals surface area contributed by atoms with Crippen molar-refractivity contribution in [3.63, 3.8) is 0 Å². The zero-order valence-corrected chi connectivity index (χ0v) is 64.8. The lowest BCUT2D eigenvalue weighted by molar-refractivity contribution is -0.344. The maximum atomic E-state index is 6.10. The number of methoxy groups -OCH3 is 12. The van der Waals surface area contributed by atoms with Crippen molar-refractivity contribution in [1.82, 2.24) is 34.9 Å². The standard InChI is InChI=1S/4C19H23N5O3.ClH.H2O/c4*1-10-11(5-6-13-16(10)18(20)24-19(21)23-13)9-22-12-7-14(25-2)17(27-4)15(8-12)26-3;;/h4*5-8,22H,9H2,1-4H3,(H4,20,21,23,24);1H;1H2. The molecular formula is C76H95ClN20O13. The summed E-state index contributed by atoms with van der Waals surface area (Å²) in [7, 11) is 19.0. The highest BCUT2D eigenvalue weighted by Crippen LogP contribution is 2.44. The molecule has 0 bridgehead atoms. The number of anilines is 12. The molecule has 0 unspecified atom stereocenters. The van der Waals surface area contributed by atoms with Gasteiger partial charge in [-0.25, -0.2) is 19.9 Å². The molecule has 4 aromatic heterocycles. The van der Waals surface area contributed by atoms with Crippen LogP contribution in [0.15, 0.2) is 97.1 Å². The second-order valence-electron chi connectivity index (χ2n) is 24.0. The molecule has 12 aromatic rings. The van der Waals surface area contributed by atoms with Crippen LogP contribution in [0.25, 0.3) is 43.6 Å². The van der Waals surface area contributed by atoms with Crippen molar-refractivity contribution in [3.8, 4) is 69.0 Å². The summed E-state index contributed by atoms with van der Waals surface area (Å²) in [5.41, 5.74) is 61.6. The first-order valence-electron chi connectivity index (χ1n) is 33.4. The minimum atomic E-state index is 0.